The van der Waals surface area contributed by atoms with Gasteiger partial charge in [-0.1, -0.05) is 0 Å². The number of nitrogens with zero attached hydrogens (tertiary/aromatic N) is 1. The van der Waals surface area contributed by atoms with Crippen LogP contribution in [0.25, 0.3) is 10.9 Å². The molecule has 0 unspecified atom stereocenters. The highest BCUT2D eigenvalue weighted by molar-refractivity contribution is 5.96. The van der Waals surface area contributed by atoms with Crippen LogP contribution in [0.3, 0.4) is 0 Å². The summed E-state index contributed by atoms with van der Waals surface area (Å²) in [5, 5.41) is 6.50. The van der Waals surface area contributed by atoms with E-state index in [1.54, 1.807) is 18.2 Å². The number of hydrogen-bond donors (Lipinski definition) is 3. The van der Waals surface area contributed by atoms with Gasteiger partial charge in [-0.2, -0.15) is 0 Å². The fourth-order valence-corrected chi connectivity index (χ4v) is 2.28. The Morgan fingerprint density at radius 2 is 2.32 bits per heavy atom. The molecule has 1 fully saturated rings. The molecule has 6 heteroatoms. The predicted octanol–water partition coefficient (Wildman–Crippen LogP) is 0.614. The first-order valence-corrected chi connectivity index (χ1v) is 6.26. The second-order valence-electron chi connectivity index (χ2n) is 4.60. The lowest BCUT2D eigenvalue weighted by Crippen LogP contribution is -2.35. The van der Waals surface area contributed by atoms with E-state index >= 15 is 0 Å². The second kappa shape index (κ2) is 4.81. The molecule has 0 saturated carbocycles. The van der Waals surface area contributed by atoms with Crippen molar-refractivity contribution in [2.75, 3.05) is 11.9 Å². The molecule has 2 heterocycles. The van der Waals surface area contributed by atoms with Crippen molar-refractivity contribution in [2.24, 2.45) is 0 Å². The Hall–Kier alpha value is -2.21. The molecule has 0 radical (unpaired) electrons. The summed E-state index contributed by atoms with van der Waals surface area (Å²) in [4.78, 5) is 30.1. The summed E-state index contributed by atoms with van der Waals surface area (Å²) in [5.41, 5.74) is 1.05. The lowest BCUT2D eigenvalue weighted by molar-refractivity contribution is -0.117. The minimum Gasteiger partial charge on any atom is -0.325 e. The minimum atomic E-state index is -0.180. The number of rotatable bonds is 2. The van der Waals surface area contributed by atoms with Crippen LogP contribution in [0.15, 0.2) is 29.3 Å². The van der Waals surface area contributed by atoms with E-state index in [4.69, 9.17) is 0 Å². The normalized spacial score (nSPS) is 18.6. The first-order valence-electron chi connectivity index (χ1n) is 6.26. The molecular weight excluding hydrogens is 244 g/mol. The van der Waals surface area contributed by atoms with Crippen molar-refractivity contribution in [2.45, 2.75) is 18.9 Å². The summed E-state index contributed by atoms with van der Waals surface area (Å²) >= 11 is 0. The zero-order chi connectivity index (χ0) is 13.2. The molecule has 1 aliphatic rings. The van der Waals surface area contributed by atoms with Crippen LogP contribution in [-0.4, -0.2) is 28.5 Å². The zero-order valence-corrected chi connectivity index (χ0v) is 10.3. The fraction of sp³-hybridized carbons (Fsp3) is 0.308. The predicted molar refractivity (Wildman–Crippen MR) is 72.0 cm³/mol. The summed E-state index contributed by atoms with van der Waals surface area (Å²) in [5.74, 6) is -0.0401. The summed E-state index contributed by atoms with van der Waals surface area (Å²) < 4.78 is 0. The minimum absolute atomic E-state index is 0.0401. The van der Waals surface area contributed by atoms with E-state index in [0.717, 1.165) is 19.4 Å². The van der Waals surface area contributed by atoms with Crippen LogP contribution in [0.5, 0.6) is 0 Å². The van der Waals surface area contributed by atoms with Gasteiger partial charge in [-0.15, -0.1) is 0 Å². The van der Waals surface area contributed by atoms with Crippen molar-refractivity contribution >= 4 is 22.5 Å². The Kier molecular flexibility index (Phi) is 3.00. The number of nitrogens with one attached hydrogen (secondary N) is 3. The number of anilines is 1. The number of carbonyl (C=O) groups excluding carboxylic acids is 1. The maximum absolute atomic E-state index is 12.0. The van der Waals surface area contributed by atoms with Gasteiger partial charge in [0.25, 0.3) is 5.56 Å². The Labute approximate surface area is 109 Å². The van der Waals surface area contributed by atoms with Gasteiger partial charge in [0, 0.05) is 5.69 Å². The van der Waals surface area contributed by atoms with Crippen molar-refractivity contribution in [1.82, 2.24) is 15.3 Å². The highest BCUT2D eigenvalue weighted by atomic mass is 16.2. The van der Waals surface area contributed by atoms with Gasteiger partial charge in [0.05, 0.1) is 23.3 Å². The second-order valence-corrected chi connectivity index (χ2v) is 4.60. The van der Waals surface area contributed by atoms with E-state index in [1.165, 1.54) is 6.33 Å². The summed E-state index contributed by atoms with van der Waals surface area (Å²) in [7, 11) is 0. The molecule has 19 heavy (non-hydrogen) atoms. The van der Waals surface area contributed by atoms with Gasteiger partial charge in [0.2, 0.25) is 5.91 Å². The average Bonchev–Trinajstić information content (AvgIpc) is 2.93. The van der Waals surface area contributed by atoms with Gasteiger partial charge in [0.1, 0.15) is 0 Å². The number of aromatic nitrogens is 2. The maximum Gasteiger partial charge on any atom is 0.258 e. The van der Waals surface area contributed by atoms with Crippen molar-refractivity contribution in [3.8, 4) is 0 Å². The van der Waals surface area contributed by atoms with Gasteiger partial charge in [-0.25, -0.2) is 4.98 Å². The monoisotopic (exact) mass is 258 g/mol. The number of carbonyl (C=O) groups is 1. The van der Waals surface area contributed by atoms with E-state index in [9.17, 15) is 9.59 Å². The number of fused-ring (bicyclic) bond motifs is 1. The molecule has 6 nitrogen and oxygen atoms in total. The molecule has 1 aromatic carbocycles. The number of hydrogen-bond acceptors (Lipinski definition) is 4. The number of H-pyrrole nitrogens is 1. The Morgan fingerprint density at radius 1 is 1.42 bits per heavy atom. The first-order chi connectivity index (χ1) is 9.24. The molecule has 3 rings (SSSR count). The van der Waals surface area contributed by atoms with Gasteiger partial charge < -0.3 is 15.6 Å². The van der Waals surface area contributed by atoms with Crippen LogP contribution >= 0.6 is 0 Å². The highest BCUT2D eigenvalue weighted by Crippen LogP contribution is 2.15. The average molecular weight is 258 g/mol. The molecule has 0 bridgehead atoms. The van der Waals surface area contributed by atoms with Crippen molar-refractivity contribution in [1.29, 1.82) is 0 Å². The van der Waals surface area contributed by atoms with Crippen molar-refractivity contribution in [3.05, 3.63) is 34.9 Å². The third-order valence-electron chi connectivity index (χ3n) is 3.29. The molecule has 1 aliphatic heterocycles. The molecule has 0 aliphatic carbocycles. The Bertz CT molecular complexity index is 674. The molecule has 98 valence electrons. The molecule has 1 saturated heterocycles. The van der Waals surface area contributed by atoms with Gasteiger partial charge in [0.15, 0.2) is 0 Å². The van der Waals surface area contributed by atoms with E-state index in [2.05, 4.69) is 20.6 Å². The van der Waals surface area contributed by atoms with Crippen molar-refractivity contribution < 1.29 is 4.79 Å². The van der Waals surface area contributed by atoms with Gasteiger partial charge in [-0.05, 0) is 37.6 Å². The molecule has 2 aromatic rings. The lowest BCUT2D eigenvalue weighted by Gasteiger charge is -2.11. The number of aromatic amines is 1. The van der Waals surface area contributed by atoms with E-state index < -0.39 is 0 Å². The molecule has 0 spiro atoms. The quantitative estimate of drug-likeness (QED) is 0.736. The van der Waals surface area contributed by atoms with Crippen LogP contribution in [0, 0.1) is 0 Å². The van der Waals surface area contributed by atoms with Crippen LogP contribution in [0.4, 0.5) is 5.69 Å². The summed E-state index contributed by atoms with van der Waals surface area (Å²) in [6.45, 7) is 0.882. The SMILES string of the molecule is O=C(Nc1ccc2c(=O)[nH]cnc2c1)[C@H]1CCCN1. The molecule has 1 aromatic heterocycles. The highest BCUT2D eigenvalue weighted by Gasteiger charge is 2.21. The molecule has 1 atom stereocenters. The van der Waals surface area contributed by atoms with Crippen LogP contribution in [0.2, 0.25) is 0 Å². The van der Waals surface area contributed by atoms with Gasteiger partial charge in [-0.3, -0.25) is 9.59 Å². The van der Waals surface area contributed by atoms with E-state index in [1.807, 2.05) is 0 Å². The lowest BCUT2D eigenvalue weighted by atomic mass is 10.2. The smallest absolute Gasteiger partial charge is 0.258 e. The number of amides is 1. The topological polar surface area (TPSA) is 86.9 Å². The first kappa shape index (κ1) is 11.9. The van der Waals surface area contributed by atoms with Gasteiger partial charge >= 0.3 is 0 Å². The molecule has 3 N–H and O–H groups in total. The van der Waals surface area contributed by atoms with Crippen LogP contribution in [0.1, 0.15) is 12.8 Å². The van der Waals surface area contributed by atoms with Crippen LogP contribution in [-0.2, 0) is 4.79 Å². The summed E-state index contributed by atoms with van der Waals surface area (Å²) in [6, 6.07) is 4.96. The zero-order valence-electron chi connectivity index (χ0n) is 10.3. The largest absolute Gasteiger partial charge is 0.325 e. The molecule has 1 amide bonds. The standard InChI is InChI=1S/C13H14N4O2/c18-12-9-4-3-8(6-11(9)15-7-16-12)17-13(19)10-2-1-5-14-10/h3-4,6-7,10,14H,1-2,5H2,(H,17,19)(H,15,16,18)/t10-/m1/s1. The van der Waals surface area contributed by atoms with Crippen LogP contribution < -0.4 is 16.2 Å². The Morgan fingerprint density at radius 3 is 3.11 bits per heavy atom. The third kappa shape index (κ3) is 2.34. The maximum atomic E-state index is 12.0. The Balaban J connectivity index is 1.85. The third-order valence-corrected chi connectivity index (χ3v) is 3.29. The fourth-order valence-electron chi connectivity index (χ4n) is 2.28. The summed E-state index contributed by atoms with van der Waals surface area (Å²) in [6.07, 6.45) is 3.23. The molecular formula is C13H14N4O2. The van der Waals surface area contributed by atoms with E-state index in [0.29, 0.717) is 16.6 Å². The number of benzene rings is 1. The van der Waals surface area contributed by atoms with Crippen molar-refractivity contribution in [3.63, 3.8) is 0 Å². The van der Waals surface area contributed by atoms with E-state index in [-0.39, 0.29) is 17.5 Å².